The van der Waals surface area contributed by atoms with Gasteiger partial charge in [0, 0.05) is 16.9 Å². The van der Waals surface area contributed by atoms with Gasteiger partial charge in [0.2, 0.25) is 0 Å². The number of nitrogens with zero attached hydrogens (tertiary/aromatic N) is 1. The first-order chi connectivity index (χ1) is 6.59. The highest BCUT2D eigenvalue weighted by molar-refractivity contribution is 6.31. The van der Waals surface area contributed by atoms with Crippen molar-refractivity contribution in [2.75, 3.05) is 0 Å². The van der Waals surface area contributed by atoms with Gasteiger partial charge in [-0.15, -0.1) is 0 Å². The Balaban J connectivity index is 2.83. The lowest BCUT2D eigenvalue weighted by Gasteiger charge is -1.97. The Morgan fingerprint density at radius 3 is 2.79 bits per heavy atom. The summed E-state index contributed by atoms with van der Waals surface area (Å²) in [5, 5.41) is 0.730. The highest BCUT2D eigenvalue weighted by Crippen LogP contribution is 2.21. The summed E-state index contributed by atoms with van der Waals surface area (Å²) in [6, 6.07) is 5.68. The van der Waals surface area contributed by atoms with Crippen LogP contribution in [0.4, 0.5) is 5.69 Å². The number of aliphatic imine (C=N–C) groups is 1. The second-order valence-electron chi connectivity index (χ2n) is 3.12. The Bertz CT molecular complexity index is 377. The average molecular weight is 209 g/mol. The Kier molecular flexibility index (Phi) is 3.72. The van der Waals surface area contributed by atoms with Gasteiger partial charge < -0.3 is 5.73 Å². The Morgan fingerprint density at radius 1 is 1.50 bits per heavy atom. The molecule has 1 aromatic rings. The van der Waals surface area contributed by atoms with Crippen LogP contribution in [-0.2, 0) is 0 Å². The van der Waals surface area contributed by atoms with E-state index in [-0.39, 0.29) is 0 Å². The van der Waals surface area contributed by atoms with Gasteiger partial charge in [-0.3, -0.25) is 4.99 Å². The first-order valence-electron chi connectivity index (χ1n) is 4.32. The molecule has 0 aliphatic heterocycles. The molecule has 0 heterocycles. The van der Waals surface area contributed by atoms with E-state index in [2.05, 4.69) is 4.99 Å². The van der Waals surface area contributed by atoms with Crippen LogP contribution in [0.1, 0.15) is 12.5 Å². The molecule has 0 amide bonds. The molecule has 2 nitrogen and oxygen atoms in total. The number of halogens is 1. The van der Waals surface area contributed by atoms with E-state index in [1.54, 1.807) is 12.3 Å². The van der Waals surface area contributed by atoms with Crippen LogP contribution in [0.2, 0.25) is 5.02 Å². The van der Waals surface area contributed by atoms with Crippen LogP contribution in [-0.4, -0.2) is 6.21 Å². The van der Waals surface area contributed by atoms with Gasteiger partial charge in [0.05, 0.1) is 5.69 Å². The molecular formula is C11H13ClN2. The van der Waals surface area contributed by atoms with Gasteiger partial charge in [-0.05, 0) is 37.6 Å². The predicted molar refractivity (Wildman–Crippen MR) is 62.3 cm³/mol. The third-order valence-corrected chi connectivity index (χ3v) is 2.12. The molecule has 0 aromatic heterocycles. The first kappa shape index (κ1) is 10.8. The van der Waals surface area contributed by atoms with Crippen molar-refractivity contribution >= 4 is 23.5 Å². The molecule has 0 radical (unpaired) electrons. The second-order valence-corrected chi connectivity index (χ2v) is 3.53. The molecule has 14 heavy (non-hydrogen) atoms. The van der Waals surface area contributed by atoms with Crippen LogP contribution in [0.3, 0.4) is 0 Å². The van der Waals surface area contributed by atoms with Crippen molar-refractivity contribution in [3.05, 3.63) is 40.6 Å². The third kappa shape index (κ3) is 3.23. The van der Waals surface area contributed by atoms with E-state index in [9.17, 15) is 0 Å². The van der Waals surface area contributed by atoms with Crippen molar-refractivity contribution in [2.24, 2.45) is 10.7 Å². The van der Waals surface area contributed by atoms with E-state index in [1.165, 1.54) is 0 Å². The van der Waals surface area contributed by atoms with Gasteiger partial charge >= 0.3 is 0 Å². The molecule has 2 N–H and O–H groups in total. The highest BCUT2D eigenvalue weighted by Gasteiger charge is 1.94. The summed E-state index contributed by atoms with van der Waals surface area (Å²) in [5.41, 5.74) is 8.07. The van der Waals surface area contributed by atoms with Crippen LogP contribution in [0.5, 0.6) is 0 Å². The summed E-state index contributed by atoms with van der Waals surface area (Å²) in [4.78, 5) is 4.18. The fourth-order valence-corrected chi connectivity index (χ4v) is 1.08. The SMILES string of the molecule is CC(N)=CC=Nc1ccc(C)c(Cl)c1. The van der Waals surface area contributed by atoms with Crippen LogP contribution in [0.25, 0.3) is 0 Å². The lowest BCUT2D eigenvalue weighted by atomic mass is 10.2. The van der Waals surface area contributed by atoms with Crippen molar-refractivity contribution in [3.63, 3.8) is 0 Å². The number of hydrogen-bond donors (Lipinski definition) is 1. The maximum absolute atomic E-state index is 5.94. The van der Waals surface area contributed by atoms with Crippen molar-refractivity contribution in [3.8, 4) is 0 Å². The average Bonchev–Trinajstić information content (AvgIpc) is 2.10. The molecule has 0 spiro atoms. The number of hydrogen-bond acceptors (Lipinski definition) is 2. The van der Waals surface area contributed by atoms with E-state index in [0.29, 0.717) is 0 Å². The van der Waals surface area contributed by atoms with Crippen molar-refractivity contribution in [1.82, 2.24) is 0 Å². The standard InChI is InChI=1S/C11H13ClN2/c1-8-3-4-10(7-11(8)12)14-6-5-9(2)13/h3-7H,13H2,1-2H3. The summed E-state index contributed by atoms with van der Waals surface area (Å²) in [6.45, 7) is 3.77. The molecular weight excluding hydrogens is 196 g/mol. The molecule has 0 saturated carbocycles. The molecule has 1 rings (SSSR count). The van der Waals surface area contributed by atoms with Crippen molar-refractivity contribution in [1.29, 1.82) is 0 Å². The van der Waals surface area contributed by atoms with Crippen LogP contribution >= 0.6 is 11.6 Å². The molecule has 0 aliphatic rings. The maximum atomic E-state index is 5.94. The van der Waals surface area contributed by atoms with Gasteiger partial charge in [0.15, 0.2) is 0 Å². The smallest absolute Gasteiger partial charge is 0.0644 e. The second kappa shape index (κ2) is 4.82. The maximum Gasteiger partial charge on any atom is 0.0644 e. The summed E-state index contributed by atoms with van der Waals surface area (Å²) >= 11 is 5.94. The number of benzene rings is 1. The minimum absolute atomic E-state index is 0.729. The molecule has 74 valence electrons. The summed E-state index contributed by atoms with van der Waals surface area (Å²) < 4.78 is 0. The topological polar surface area (TPSA) is 38.4 Å². The monoisotopic (exact) mass is 208 g/mol. The van der Waals surface area contributed by atoms with E-state index >= 15 is 0 Å². The molecule has 0 saturated heterocycles. The number of nitrogens with two attached hydrogens (primary N) is 1. The van der Waals surface area contributed by atoms with E-state index < -0.39 is 0 Å². The number of allylic oxidation sites excluding steroid dienone is 2. The normalized spacial score (nSPS) is 12.4. The molecule has 0 atom stereocenters. The third-order valence-electron chi connectivity index (χ3n) is 1.72. The lowest BCUT2D eigenvalue weighted by molar-refractivity contribution is 1.33. The molecule has 1 aromatic carbocycles. The van der Waals surface area contributed by atoms with Gasteiger partial charge in [-0.1, -0.05) is 17.7 Å². The van der Waals surface area contributed by atoms with Crippen LogP contribution in [0.15, 0.2) is 35.0 Å². The quantitative estimate of drug-likeness (QED) is 0.745. The Hall–Kier alpha value is -1.28. The van der Waals surface area contributed by atoms with Gasteiger partial charge in [-0.25, -0.2) is 0 Å². The Labute approximate surface area is 89.1 Å². The minimum Gasteiger partial charge on any atom is -0.402 e. The van der Waals surface area contributed by atoms with Gasteiger partial charge in [-0.2, -0.15) is 0 Å². The van der Waals surface area contributed by atoms with Gasteiger partial charge in [0.1, 0.15) is 0 Å². The molecule has 3 heteroatoms. The number of aryl methyl sites for hydroxylation is 1. The fourth-order valence-electron chi connectivity index (χ4n) is 0.903. The predicted octanol–water partition coefficient (Wildman–Crippen LogP) is 3.21. The minimum atomic E-state index is 0.729. The molecule has 0 bridgehead atoms. The molecule has 0 aliphatic carbocycles. The highest BCUT2D eigenvalue weighted by atomic mass is 35.5. The fraction of sp³-hybridized carbons (Fsp3) is 0.182. The summed E-state index contributed by atoms with van der Waals surface area (Å²) in [7, 11) is 0. The Morgan fingerprint density at radius 2 is 2.21 bits per heavy atom. The summed E-state index contributed by atoms with van der Waals surface area (Å²) in [6.07, 6.45) is 3.41. The van der Waals surface area contributed by atoms with E-state index in [1.807, 2.05) is 32.0 Å². The zero-order chi connectivity index (χ0) is 10.6. The van der Waals surface area contributed by atoms with Crippen LogP contribution in [0, 0.1) is 6.92 Å². The first-order valence-corrected chi connectivity index (χ1v) is 4.70. The van der Waals surface area contributed by atoms with E-state index in [0.717, 1.165) is 22.0 Å². The van der Waals surface area contributed by atoms with E-state index in [4.69, 9.17) is 17.3 Å². The zero-order valence-electron chi connectivity index (χ0n) is 8.29. The molecule has 0 unspecified atom stereocenters. The summed E-state index contributed by atoms with van der Waals surface area (Å²) in [5.74, 6) is 0. The largest absolute Gasteiger partial charge is 0.402 e. The van der Waals surface area contributed by atoms with Gasteiger partial charge in [0.25, 0.3) is 0 Å². The lowest BCUT2D eigenvalue weighted by Crippen LogP contribution is -1.89. The van der Waals surface area contributed by atoms with Crippen molar-refractivity contribution in [2.45, 2.75) is 13.8 Å². The zero-order valence-corrected chi connectivity index (χ0v) is 9.05. The molecule has 0 fully saturated rings. The van der Waals surface area contributed by atoms with Crippen LogP contribution < -0.4 is 5.73 Å². The number of rotatable bonds is 2. The van der Waals surface area contributed by atoms with Crippen molar-refractivity contribution < 1.29 is 0 Å².